The highest BCUT2D eigenvalue weighted by Gasteiger charge is 2.10. The van der Waals surface area contributed by atoms with Crippen molar-refractivity contribution in [3.05, 3.63) is 70.2 Å². The first-order chi connectivity index (χ1) is 11.6. The van der Waals surface area contributed by atoms with E-state index in [0.717, 1.165) is 28.5 Å². The Morgan fingerprint density at radius 3 is 2.75 bits per heavy atom. The van der Waals surface area contributed by atoms with E-state index < -0.39 is 17.5 Å². The zero-order valence-electron chi connectivity index (χ0n) is 12.5. The van der Waals surface area contributed by atoms with Crippen LogP contribution in [0.5, 0.6) is 0 Å². The zero-order chi connectivity index (χ0) is 16.9. The molecular weight excluding hydrogens is 332 g/mol. The van der Waals surface area contributed by atoms with Gasteiger partial charge in [-0.1, -0.05) is 6.07 Å². The molecule has 0 atom stereocenters. The lowest BCUT2D eigenvalue weighted by atomic mass is 10.2. The Bertz CT molecular complexity index is 852. The van der Waals surface area contributed by atoms with E-state index in [0.29, 0.717) is 13.0 Å². The summed E-state index contributed by atoms with van der Waals surface area (Å²) in [5.41, 5.74) is 1.68. The van der Waals surface area contributed by atoms with Crippen molar-refractivity contribution in [3.63, 3.8) is 0 Å². The third-order valence-corrected chi connectivity index (χ3v) is 4.19. The van der Waals surface area contributed by atoms with Crippen molar-refractivity contribution in [2.45, 2.75) is 6.42 Å². The van der Waals surface area contributed by atoms with Crippen molar-refractivity contribution in [2.75, 3.05) is 6.54 Å². The van der Waals surface area contributed by atoms with E-state index in [4.69, 9.17) is 0 Å². The predicted molar refractivity (Wildman–Crippen MR) is 87.7 cm³/mol. The van der Waals surface area contributed by atoms with Crippen LogP contribution in [0.2, 0.25) is 0 Å². The van der Waals surface area contributed by atoms with Gasteiger partial charge in [0.25, 0.3) is 5.91 Å². The summed E-state index contributed by atoms with van der Waals surface area (Å²) in [6.45, 7) is 0.354. The molecule has 0 aliphatic heterocycles. The summed E-state index contributed by atoms with van der Waals surface area (Å²) in [7, 11) is 0. The quantitative estimate of drug-likeness (QED) is 0.770. The second-order valence-corrected chi connectivity index (χ2v) is 5.92. The van der Waals surface area contributed by atoms with Gasteiger partial charge in [0.15, 0.2) is 11.6 Å². The van der Waals surface area contributed by atoms with Crippen molar-refractivity contribution in [1.82, 2.24) is 15.3 Å². The van der Waals surface area contributed by atoms with Crippen molar-refractivity contribution in [1.29, 1.82) is 0 Å². The number of carbonyl (C=O) groups is 1. The number of thiazole rings is 1. The van der Waals surface area contributed by atoms with Gasteiger partial charge in [-0.05, 0) is 30.3 Å². The number of hydrogen-bond donors (Lipinski definition) is 1. The summed E-state index contributed by atoms with van der Waals surface area (Å²) in [5.74, 6) is -2.46. The summed E-state index contributed by atoms with van der Waals surface area (Å²) >= 11 is 1.48. The fourth-order valence-electron chi connectivity index (χ4n) is 2.08. The van der Waals surface area contributed by atoms with Crippen LogP contribution >= 0.6 is 11.3 Å². The van der Waals surface area contributed by atoms with Gasteiger partial charge in [0.05, 0.1) is 16.4 Å². The number of halogens is 2. The van der Waals surface area contributed by atoms with Gasteiger partial charge in [0.1, 0.15) is 0 Å². The maximum atomic E-state index is 13.1. The number of aromatic nitrogens is 2. The molecule has 0 radical (unpaired) electrons. The number of nitrogens with zero attached hydrogens (tertiary/aromatic N) is 2. The molecule has 0 unspecified atom stereocenters. The Balaban J connectivity index is 1.56. The molecule has 3 rings (SSSR count). The highest BCUT2D eigenvalue weighted by atomic mass is 32.1. The van der Waals surface area contributed by atoms with Crippen LogP contribution in [0.25, 0.3) is 11.4 Å². The van der Waals surface area contributed by atoms with Crippen molar-refractivity contribution in [2.24, 2.45) is 0 Å². The summed E-state index contributed by atoms with van der Waals surface area (Å²) in [6, 6.07) is 8.67. The Labute approximate surface area is 141 Å². The van der Waals surface area contributed by atoms with E-state index in [2.05, 4.69) is 15.3 Å². The summed E-state index contributed by atoms with van der Waals surface area (Å²) in [5, 5.41) is 5.44. The summed E-state index contributed by atoms with van der Waals surface area (Å²) in [4.78, 5) is 20.6. The molecule has 1 amide bonds. The van der Waals surface area contributed by atoms with Gasteiger partial charge < -0.3 is 5.32 Å². The SMILES string of the molecule is O=C(NCCc1nc(-c2ccccn2)cs1)c1ccc(F)c(F)c1. The Morgan fingerprint density at radius 1 is 1.12 bits per heavy atom. The smallest absolute Gasteiger partial charge is 0.251 e. The first kappa shape index (κ1) is 16.2. The van der Waals surface area contributed by atoms with Crippen LogP contribution in [0.15, 0.2) is 48.0 Å². The lowest BCUT2D eigenvalue weighted by molar-refractivity contribution is 0.0953. The third-order valence-electron chi connectivity index (χ3n) is 3.29. The summed E-state index contributed by atoms with van der Waals surface area (Å²) < 4.78 is 26.0. The highest BCUT2D eigenvalue weighted by Crippen LogP contribution is 2.19. The second-order valence-electron chi connectivity index (χ2n) is 4.98. The molecule has 122 valence electrons. The molecule has 2 aromatic heterocycles. The third kappa shape index (κ3) is 3.80. The van der Waals surface area contributed by atoms with Gasteiger partial charge in [0.2, 0.25) is 0 Å². The van der Waals surface area contributed by atoms with Crippen LogP contribution in [0.3, 0.4) is 0 Å². The highest BCUT2D eigenvalue weighted by molar-refractivity contribution is 7.09. The number of nitrogens with one attached hydrogen (secondary N) is 1. The molecule has 24 heavy (non-hydrogen) atoms. The minimum Gasteiger partial charge on any atom is -0.352 e. The lowest BCUT2D eigenvalue weighted by Crippen LogP contribution is -2.25. The largest absolute Gasteiger partial charge is 0.352 e. The van der Waals surface area contributed by atoms with Gasteiger partial charge in [-0.25, -0.2) is 13.8 Å². The summed E-state index contributed by atoms with van der Waals surface area (Å²) in [6.07, 6.45) is 2.25. The van der Waals surface area contributed by atoms with Crippen LogP contribution in [0.4, 0.5) is 8.78 Å². The molecule has 0 bridgehead atoms. The van der Waals surface area contributed by atoms with Gasteiger partial charge in [0, 0.05) is 30.1 Å². The zero-order valence-corrected chi connectivity index (χ0v) is 13.3. The van der Waals surface area contributed by atoms with Crippen LogP contribution in [0, 0.1) is 11.6 Å². The number of amides is 1. The van der Waals surface area contributed by atoms with Crippen molar-refractivity contribution < 1.29 is 13.6 Å². The minimum absolute atomic E-state index is 0.0854. The molecular formula is C17H13F2N3OS. The maximum absolute atomic E-state index is 13.1. The molecule has 3 aromatic rings. The van der Waals surface area contributed by atoms with Crippen LogP contribution in [0.1, 0.15) is 15.4 Å². The monoisotopic (exact) mass is 345 g/mol. The average molecular weight is 345 g/mol. The van der Waals surface area contributed by atoms with Gasteiger partial charge in [-0.15, -0.1) is 11.3 Å². The maximum Gasteiger partial charge on any atom is 0.251 e. The number of hydrogen-bond acceptors (Lipinski definition) is 4. The first-order valence-electron chi connectivity index (χ1n) is 7.22. The fraction of sp³-hybridized carbons (Fsp3) is 0.118. The number of benzene rings is 1. The van der Waals surface area contributed by atoms with E-state index in [1.807, 2.05) is 23.6 Å². The molecule has 4 nitrogen and oxygen atoms in total. The molecule has 1 N–H and O–H groups in total. The molecule has 0 aliphatic carbocycles. The number of rotatable bonds is 5. The number of carbonyl (C=O) groups excluding carboxylic acids is 1. The average Bonchev–Trinajstić information content (AvgIpc) is 3.07. The molecule has 0 spiro atoms. The molecule has 1 aromatic carbocycles. The van der Waals surface area contributed by atoms with E-state index in [-0.39, 0.29) is 5.56 Å². The molecule has 7 heteroatoms. The fourth-order valence-corrected chi connectivity index (χ4v) is 2.87. The topological polar surface area (TPSA) is 54.9 Å². The van der Waals surface area contributed by atoms with Crippen LogP contribution in [-0.4, -0.2) is 22.4 Å². The van der Waals surface area contributed by atoms with E-state index in [9.17, 15) is 13.6 Å². The Morgan fingerprint density at radius 2 is 2.00 bits per heavy atom. The van der Waals surface area contributed by atoms with Gasteiger partial charge in [-0.2, -0.15) is 0 Å². The number of pyridine rings is 1. The molecule has 2 heterocycles. The van der Waals surface area contributed by atoms with Crippen LogP contribution in [-0.2, 0) is 6.42 Å². The first-order valence-corrected chi connectivity index (χ1v) is 8.10. The Kier molecular flexibility index (Phi) is 4.90. The van der Waals surface area contributed by atoms with Gasteiger partial charge >= 0.3 is 0 Å². The standard InChI is InChI=1S/C17H13F2N3OS/c18-12-5-4-11(9-13(12)19)17(23)21-8-6-16-22-15(10-24-16)14-3-1-2-7-20-14/h1-5,7,9-10H,6,8H2,(H,21,23). The predicted octanol–water partition coefficient (Wildman–Crippen LogP) is 3.46. The van der Waals surface area contributed by atoms with E-state index >= 15 is 0 Å². The van der Waals surface area contributed by atoms with Crippen molar-refractivity contribution >= 4 is 17.2 Å². The second kappa shape index (κ2) is 7.27. The van der Waals surface area contributed by atoms with Crippen LogP contribution < -0.4 is 5.32 Å². The normalized spacial score (nSPS) is 10.6. The lowest BCUT2D eigenvalue weighted by Gasteiger charge is -2.04. The minimum atomic E-state index is -1.04. The molecule has 0 aliphatic rings. The molecule has 0 fully saturated rings. The van der Waals surface area contributed by atoms with E-state index in [1.165, 1.54) is 17.4 Å². The van der Waals surface area contributed by atoms with Gasteiger partial charge in [-0.3, -0.25) is 9.78 Å². The molecule has 0 saturated heterocycles. The van der Waals surface area contributed by atoms with E-state index in [1.54, 1.807) is 6.20 Å². The van der Waals surface area contributed by atoms with Crippen molar-refractivity contribution in [3.8, 4) is 11.4 Å². The molecule has 0 saturated carbocycles. The Hall–Kier alpha value is -2.67.